The molecule has 154 valence electrons. The summed E-state index contributed by atoms with van der Waals surface area (Å²) in [6.07, 6.45) is 7.51. The lowest BCUT2D eigenvalue weighted by molar-refractivity contribution is 0.450. The molecule has 0 saturated carbocycles. The Balaban J connectivity index is 0.00000280. The van der Waals surface area contributed by atoms with Gasteiger partial charge in [0.25, 0.3) is 0 Å². The first-order chi connectivity index (χ1) is 13.1. The molecule has 0 aliphatic carbocycles. The SMILES string of the molecule is CCC(CNC(=NC)N1CCC(c2cnn(C)c2)C1)Cc1cccc(Br)c1.I. The summed E-state index contributed by atoms with van der Waals surface area (Å²) in [6, 6.07) is 8.62. The van der Waals surface area contributed by atoms with Crippen molar-refractivity contribution >= 4 is 45.9 Å². The predicted molar refractivity (Wildman–Crippen MR) is 131 cm³/mol. The number of hydrogen-bond donors (Lipinski definition) is 1. The predicted octanol–water partition coefficient (Wildman–Crippen LogP) is 4.43. The molecule has 7 heteroatoms. The Bertz CT molecular complexity index is 776. The maximum atomic E-state index is 4.53. The van der Waals surface area contributed by atoms with Crippen molar-refractivity contribution in [2.24, 2.45) is 18.0 Å². The first-order valence-corrected chi connectivity index (χ1v) is 10.6. The monoisotopic (exact) mass is 559 g/mol. The van der Waals surface area contributed by atoms with E-state index in [1.165, 1.54) is 11.1 Å². The standard InChI is InChI=1S/C21H30BrN5.HI/c1-4-16(10-17-6-5-7-20(22)11-17)12-24-21(23-2)27-9-8-18(15-27)19-13-25-26(3)14-19;/h5-7,11,13-14,16,18H,4,8-10,12,15H2,1-3H3,(H,23,24);1H. The van der Waals surface area contributed by atoms with Gasteiger partial charge in [0.2, 0.25) is 0 Å². The van der Waals surface area contributed by atoms with Gasteiger partial charge in [0, 0.05) is 50.3 Å². The van der Waals surface area contributed by atoms with E-state index >= 15 is 0 Å². The van der Waals surface area contributed by atoms with Gasteiger partial charge in [-0.05, 0) is 42.0 Å². The average Bonchev–Trinajstić information content (AvgIpc) is 3.30. The molecule has 1 aromatic carbocycles. The minimum atomic E-state index is 0. The van der Waals surface area contributed by atoms with Gasteiger partial charge in [-0.3, -0.25) is 9.67 Å². The van der Waals surface area contributed by atoms with Crippen LogP contribution in [0.4, 0.5) is 0 Å². The highest BCUT2D eigenvalue weighted by atomic mass is 127. The molecule has 2 heterocycles. The summed E-state index contributed by atoms with van der Waals surface area (Å²) in [7, 11) is 3.86. The van der Waals surface area contributed by atoms with Gasteiger partial charge >= 0.3 is 0 Å². The topological polar surface area (TPSA) is 45.5 Å². The number of rotatable bonds is 6. The van der Waals surface area contributed by atoms with Crippen LogP contribution in [0.5, 0.6) is 0 Å². The number of guanidine groups is 1. The first kappa shape index (κ1) is 23.2. The molecule has 0 spiro atoms. The van der Waals surface area contributed by atoms with E-state index in [4.69, 9.17) is 0 Å². The molecule has 1 aliphatic heterocycles. The van der Waals surface area contributed by atoms with Crippen molar-refractivity contribution in [3.8, 4) is 0 Å². The molecule has 2 atom stereocenters. The van der Waals surface area contributed by atoms with Crippen molar-refractivity contribution < 1.29 is 0 Å². The number of hydrogen-bond acceptors (Lipinski definition) is 2. The van der Waals surface area contributed by atoms with Gasteiger partial charge in [0.15, 0.2) is 5.96 Å². The third-order valence-electron chi connectivity index (χ3n) is 5.44. The molecule has 0 radical (unpaired) electrons. The van der Waals surface area contributed by atoms with E-state index in [2.05, 4.69) is 73.6 Å². The largest absolute Gasteiger partial charge is 0.356 e. The number of aliphatic imine (C=N–C) groups is 1. The Morgan fingerprint density at radius 3 is 2.89 bits per heavy atom. The van der Waals surface area contributed by atoms with E-state index in [9.17, 15) is 0 Å². The van der Waals surface area contributed by atoms with Crippen molar-refractivity contribution in [1.82, 2.24) is 20.0 Å². The van der Waals surface area contributed by atoms with Crippen LogP contribution in [0.25, 0.3) is 0 Å². The van der Waals surface area contributed by atoms with Crippen LogP contribution in [0, 0.1) is 5.92 Å². The molecule has 3 rings (SSSR count). The van der Waals surface area contributed by atoms with Gasteiger partial charge in [0.1, 0.15) is 0 Å². The second kappa shape index (κ2) is 11.2. The third kappa shape index (κ3) is 6.20. The molecule has 1 N–H and O–H groups in total. The Hall–Kier alpha value is -1.09. The van der Waals surface area contributed by atoms with Crippen LogP contribution in [0.1, 0.15) is 36.8 Å². The number of aryl methyl sites for hydroxylation is 1. The Morgan fingerprint density at radius 2 is 2.25 bits per heavy atom. The zero-order valence-electron chi connectivity index (χ0n) is 16.9. The molecular weight excluding hydrogens is 529 g/mol. The fourth-order valence-electron chi connectivity index (χ4n) is 3.80. The summed E-state index contributed by atoms with van der Waals surface area (Å²) < 4.78 is 3.04. The van der Waals surface area contributed by atoms with Crippen molar-refractivity contribution in [2.75, 3.05) is 26.7 Å². The Kier molecular flexibility index (Phi) is 9.27. The molecule has 28 heavy (non-hydrogen) atoms. The number of nitrogens with one attached hydrogen (secondary N) is 1. The Morgan fingerprint density at radius 1 is 1.43 bits per heavy atom. The molecule has 1 aromatic heterocycles. The van der Waals surface area contributed by atoms with E-state index < -0.39 is 0 Å². The maximum Gasteiger partial charge on any atom is 0.193 e. The number of nitrogens with zero attached hydrogens (tertiary/aromatic N) is 4. The van der Waals surface area contributed by atoms with Gasteiger partial charge in [-0.25, -0.2) is 0 Å². The van der Waals surface area contributed by atoms with Crippen molar-refractivity contribution in [2.45, 2.75) is 32.1 Å². The highest BCUT2D eigenvalue weighted by Crippen LogP contribution is 2.26. The molecular formula is C21H31BrIN5. The minimum absolute atomic E-state index is 0. The minimum Gasteiger partial charge on any atom is -0.356 e. The molecule has 1 fully saturated rings. The number of aromatic nitrogens is 2. The summed E-state index contributed by atoms with van der Waals surface area (Å²) in [6.45, 7) is 5.26. The fraction of sp³-hybridized carbons (Fsp3) is 0.524. The van der Waals surface area contributed by atoms with Crippen molar-refractivity contribution in [3.63, 3.8) is 0 Å². The van der Waals surface area contributed by atoms with E-state index in [-0.39, 0.29) is 24.0 Å². The van der Waals surface area contributed by atoms with E-state index in [0.717, 1.165) is 49.3 Å². The van der Waals surface area contributed by atoms with Gasteiger partial charge < -0.3 is 10.2 Å². The van der Waals surface area contributed by atoms with Gasteiger partial charge in [0.05, 0.1) is 6.20 Å². The summed E-state index contributed by atoms with van der Waals surface area (Å²) in [5.74, 6) is 2.16. The second-order valence-electron chi connectivity index (χ2n) is 7.42. The molecule has 2 unspecified atom stereocenters. The van der Waals surface area contributed by atoms with Gasteiger partial charge in [-0.15, -0.1) is 24.0 Å². The Labute approximate surface area is 194 Å². The quantitative estimate of drug-likeness (QED) is 0.323. The highest BCUT2D eigenvalue weighted by Gasteiger charge is 2.27. The zero-order valence-corrected chi connectivity index (χ0v) is 20.9. The highest BCUT2D eigenvalue weighted by molar-refractivity contribution is 14.0. The molecule has 2 aromatic rings. The second-order valence-corrected chi connectivity index (χ2v) is 8.33. The normalized spacial score (nSPS) is 18.1. The van der Waals surface area contributed by atoms with Crippen LogP contribution in [-0.2, 0) is 13.5 Å². The number of halogens is 2. The lowest BCUT2D eigenvalue weighted by Crippen LogP contribution is -2.42. The number of likely N-dealkylation sites (tertiary alicyclic amines) is 1. The van der Waals surface area contributed by atoms with Crippen LogP contribution >= 0.6 is 39.9 Å². The molecule has 1 saturated heterocycles. The van der Waals surface area contributed by atoms with Gasteiger partial charge in [-0.1, -0.05) is 41.4 Å². The van der Waals surface area contributed by atoms with Crippen molar-refractivity contribution in [3.05, 3.63) is 52.3 Å². The van der Waals surface area contributed by atoms with Crippen LogP contribution in [0.15, 0.2) is 46.1 Å². The summed E-state index contributed by atoms with van der Waals surface area (Å²) in [5.41, 5.74) is 2.71. The maximum absolute atomic E-state index is 4.53. The summed E-state index contributed by atoms with van der Waals surface area (Å²) in [4.78, 5) is 6.91. The average molecular weight is 560 g/mol. The fourth-order valence-corrected chi connectivity index (χ4v) is 4.25. The smallest absolute Gasteiger partial charge is 0.193 e. The molecule has 5 nitrogen and oxygen atoms in total. The molecule has 0 bridgehead atoms. The lowest BCUT2D eigenvalue weighted by Gasteiger charge is -2.24. The first-order valence-electron chi connectivity index (χ1n) is 9.77. The van der Waals surface area contributed by atoms with Crippen LogP contribution in [0.2, 0.25) is 0 Å². The van der Waals surface area contributed by atoms with Crippen molar-refractivity contribution in [1.29, 1.82) is 0 Å². The van der Waals surface area contributed by atoms with E-state index in [0.29, 0.717) is 11.8 Å². The number of benzene rings is 1. The van der Waals surface area contributed by atoms with Crippen LogP contribution in [0.3, 0.4) is 0 Å². The van der Waals surface area contributed by atoms with E-state index in [1.807, 2.05) is 25.0 Å². The molecule has 0 amide bonds. The van der Waals surface area contributed by atoms with Crippen LogP contribution in [-0.4, -0.2) is 47.3 Å². The molecule has 1 aliphatic rings. The van der Waals surface area contributed by atoms with E-state index in [1.54, 1.807) is 0 Å². The van der Waals surface area contributed by atoms with Crippen LogP contribution < -0.4 is 5.32 Å². The summed E-state index contributed by atoms with van der Waals surface area (Å²) in [5, 5.41) is 7.93. The zero-order chi connectivity index (χ0) is 19.2. The third-order valence-corrected chi connectivity index (χ3v) is 5.93. The summed E-state index contributed by atoms with van der Waals surface area (Å²) >= 11 is 3.57. The lowest BCUT2D eigenvalue weighted by atomic mass is 9.97. The van der Waals surface area contributed by atoms with Gasteiger partial charge in [-0.2, -0.15) is 5.10 Å².